The number of aliphatic hydroxyl groups is 1. The summed E-state index contributed by atoms with van der Waals surface area (Å²) < 4.78 is 13.2. The molecule has 2 nitrogen and oxygen atoms in total. The van der Waals surface area contributed by atoms with Crippen molar-refractivity contribution in [3.05, 3.63) is 34.6 Å². The van der Waals surface area contributed by atoms with E-state index in [1.54, 1.807) is 23.9 Å². The molecule has 17 heavy (non-hydrogen) atoms. The number of aliphatic hydroxyl groups excluding tert-OH is 1. The predicted octanol–water partition coefficient (Wildman–Crippen LogP) is 2.68. The molecule has 1 aromatic carbocycles. The number of nitrogens with one attached hydrogen (secondary N) is 1. The summed E-state index contributed by atoms with van der Waals surface area (Å²) in [5.41, 5.74) is 0.733. The first kappa shape index (κ1) is 14.8. The Morgan fingerprint density at radius 2 is 2.24 bits per heavy atom. The van der Waals surface area contributed by atoms with Gasteiger partial charge in [-0.2, -0.15) is 11.8 Å². The van der Waals surface area contributed by atoms with Gasteiger partial charge < -0.3 is 10.4 Å². The third-order valence-electron chi connectivity index (χ3n) is 2.69. The Morgan fingerprint density at radius 1 is 1.53 bits per heavy atom. The average Bonchev–Trinajstić information content (AvgIpc) is 2.32. The molecule has 1 rings (SSSR count). The van der Waals surface area contributed by atoms with Crippen LogP contribution >= 0.6 is 23.4 Å². The Morgan fingerprint density at radius 3 is 2.82 bits per heavy atom. The van der Waals surface area contributed by atoms with Crippen LogP contribution in [0.2, 0.25) is 5.02 Å². The van der Waals surface area contributed by atoms with E-state index in [0.717, 1.165) is 5.56 Å². The van der Waals surface area contributed by atoms with Gasteiger partial charge in [0.1, 0.15) is 5.82 Å². The minimum absolute atomic E-state index is 0.117. The topological polar surface area (TPSA) is 32.3 Å². The lowest BCUT2D eigenvalue weighted by Gasteiger charge is -2.21. The van der Waals surface area contributed by atoms with Gasteiger partial charge in [0, 0.05) is 17.8 Å². The third-order valence-corrected chi connectivity index (χ3v) is 4.27. The van der Waals surface area contributed by atoms with E-state index < -0.39 is 5.82 Å². The molecule has 0 radical (unpaired) electrons. The largest absolute Gasteiger partial charge is 0.395 e. The summed E-state index contributed by atoms with van der Waals surface area (Å²) in [4.78, 5) is 0. The molecule has 0 aromatic heterocycles. The summed E-state index contributed by atoms with van der Waals surface area (Å²) in [6.07, 6.45) is 1.95. The van der Waals surface area contributed by atoms with Gasteiger partial charge in [-0.05, 0) is 24.8 Å². The van der Waals surface area contributed by atoms with Crippen molar-refractivity contribution in [3.8, 4) is 0 Å². The lowest BCUT2D eigenvalue weighted by Crippen LogP contribution is -2.37. The first-order chi connectivity index (χ1) is 8.10. The molecule has 0 heterocycles. The summed E-state index contributed by atoms with van der Waals surface area (Å²) >= 11 is 7.46. The Balaban J connectivity index is 2.58. The van der Waals surface area contributed by atoms with Gasteiger partial charge in [0.05, 0.1) is 11.6 Å². The summed E-state index contributed by atoms with van der Waals surface area (Å²) in [6.45, 7) is 2.60. The second kappa shape index (κ2) is 7.21. The quantitative estimate of drug-likeness (QED) is 0.839. The van der Waals surface area contributed by atoms with E-state index in [-0.39, 0.29) is 22.9 Å². The van der Waals surface area contributed by atoms with E-state index in [4.69, 9.17) is 16.7 Å². The van der Waals surface area contributed by atoms with E-state index in [1.165, 1.54) is 6.07 Å². The van der Waals surface area contributed by atoms with Gasteiger partial charge in [-0.15, -0.1) is 0 Å². The second-order valence-electron chi connectivity index (χ2n) is 3.84. The number of benzene rings is 1. The van der Waals surface area contributed by atoms with Crippen molar-refractivity contribution in [2.24, 2.45) is 0 Å². The monoisotopic (exact) mass is 277 g/mol. The fourth-order valence-electron chi connectivity index (χ4n) is 1.52. The summed E-state index contributed by atoms with van der Waals surface area (Å²) in [5, 5.41) is 12.7. The molecule has 0 spiro atoms. The van der Waals surface area contributed by atoms with Crippen LogP contribution in [0.15, 0.2) is 18.2 Å². The van der Waals surface area contributed by atoms with Crippen LogP contribution < -0.4 is 5.32 Å². The maximum atomic E-state index is 13.2. The van der Waals surface area contributed by atoms with Gasteiger partial charge in [0.15, 0.2) is 0 Å². The van der Waals surface area contributed by atoms with Gasteiger partial charge in [0.2, 0.25) is 0 Å². The highest BCUT2D eigenvalue weighted by Crippen LogP contribution is 2.20. The average molecular weight is 278 g/mol. The van der Waals surface area contributed by atoms with Crippen LogP contribution in [0.1, 0.15) is 12.5 Å². The molecule has 0 aliphatic carbocycles. The molecular formula is C12H17ClFNOS. The van der Waals surface area contributed by atoms with Crippen LogP contribution in [0.3, 0.4) is 0 Å². The van der Waals surface area contributed by atoms with Gasteiger partial charge in [-0.1, -0.05) is 23.7 Å². The lowest BCUT2D eigenvalue weighted by molar-refractivity contribution is 0.276. The Kier molecular flexibility index (Phi) is 6.27. The summed E-state index contributed by atoms with van der Waals surface area (Å²) in [6, 6.07) is 4.90. The number of hydrogen-bond acceptors (Lipinski definition) is 3. The van der Waals surface area contributed by atoms with Crippen molar-refractivity contribution in [1.82, 2.24) is 5.32 Å². The van der Waals surface area contributed by atoms with Crippen LogP contribution in [-0.2, 0) is 6.54 Å². The van der Waals surface area contributed by atoms with Crippen molar-refractivity contribution in [3.63, 3.8) is 0 Å². The van der Waals surface area contributed by atoms with Crippen LogP contribution in [-0.4, -0.2) is 29.3 Å². The molecule has 5 heteroatoms. The highest BCUT2D eigenvalue weighted by molar-refractivity contribution is 7.99. The van der Waals surface area contributed by atoms with Crippen molar-refractivity contribution >= 4 is 23.4 Å². The van der Waals surface area contributed by atoms with Gasteiger partial charge in [-0.3, -0.25) is 0 Å². The first-order valence-electron chi connectivity index (χ1n) is 5.40. The SMILES string of the molecule is CSC(CO)C(C)NCc1cccc(F)c1Cl. The van der Waals surface area contributed by atoms with Gasteiger partial charge >= 0.3 is 0 Å². The maximum absolute atomic E-state index is 13.2. The summed E-state index contributed by atoms with van der Waals surface area (Å²) in [7, 11) is 0. The highest BCUT2D eigenvalue weighted by Gasteiger charge is 2.15. The van der Waals surface area contributed by atoms with Crippen molar-refractivity contribution in [2.75, 3.05) is 12.9 Å². The molecule has 2 unspecified atom stereocenters. The number of halogens is 2. The first-order valence-corrected chi connectivity index (χ1v) is 7.06. The number of rotatable bonds is 6. The van der Waals surface area contributed by atoms with Crippen molar-refractivity contribution in [1.29, 1.82) is 0 Å². The minimum Gasteiger partial charge on any atom is -0.395 e. The molecule has 0 aliphatic rings. The van der Waals surface area contributed by atoms with E-state index in [2.05, 4.69) is 5.32 Å². The van der Waals surface area contributed by atoms with E-state index in [0.29, 0.717) is 6.54 Å². The van der Waals surface area contributed by atoms with E-state index in [1.807, 2.05) is 13.2 Å². The van der Waals surface area contributed by atoms with Gasteiger partial charge in [-0.25, -0.2) is 4.39 Å². The Bertz CT molecular complexity index is 360. The smallest absolute Gasteiger partial charge is 0.142 e. The molecule has 0 aliphatic heterocycles. The zero-order valence-electron chi connectivity index (χ0n) is 9.91. The lowest BCUT2D eigenvalue weighted by atomic mass is 10.2. The second-order valence-corrected chi connectivity index (χ2v) is 5.29. The third kappa shape index (κ3) is 4.14. The Labute approximate surface area is 111 Å². The maximum Gasteiger partial charge on any atom is 0.142 e. The molecule has 2 N–H and O–H groups in total. The standard InChI is InChI=1S/C12H17ClFNOS/c1-8(11(7-16)17-2)15-6-9-4-3-5-10(14)12(9)13/h3-5,8,11,15-16H,6-7H2,1-2H3. The molecule has 0 fully saturated rings. The van der Waals surface area contributed by atoms with Crippen molar-refractivity contribution < 1.29 is 9.50 Å². The Hall–Kier alpha value is -0.290. The molecule has 0 saturated heterocycles. The number of hydrogen-bond donors (Lipinski definition) is 2. The highest BCUT2D eigenvalue weighted by atomic mass is 35.5. The normalized spacial score (nSPS) is 14.6. The van der Waals surface area contributed by atoms with Crippen LogP contribution in [0.25, 0.3) is 0 Å². The van der Waals surface area contributed by atoms with E-state index >= 15 is 0 Å². The van der Waals surface area contributed by atoms with Crippen molar-refractivity contribution in [2.45, 2.75) is 24.8 Å². The van der Waals surface area contributed by atoms with Gasteiger partial charge in [0.25, 0.3) is 0 Å². The molecule has 0 amide bonds. The molecule has 0 bridgehead atoms. The van der Waals surface area contributed by atoms with Crippen LogP contribution in [0, 0.1) is 5.82 Å². The van der Waals surface area contributed by atoms with Crippen LogP contribution in [0.4, 0.5) is 4.39 Å². The fourth-order valence-corrected chi connectivity index (χ4v) is 2.37. The number of thioether (sulfide) groups is 1. The molecular weight excluding hydrogens is 261 g/mol. The molecule has 96 valence electrons. The molecule has 2 atom stereocenters. The zero-order valence-corrected chi connectivity index (χ0v) is 11.5. The zero-order chi connectivity index (χ0) is 12.8. The fraction of sp³-hybridized carbons (Fsp3) is 0.500. The summed E-state index contributed by atoms with van der Waals surface area (Å²) in [5.74, 6) is -0.401. The minimum atomic E-state index is -0.401. The predicted molar refractivity (Wildman–Crippen MR) is 72.1 cm³/mol. The molecule has 0 saturated carbocycles. The van der Waals surface area contributed by atoms with Crippen LogP contribution in [0.5, 0.6) is 0 Å². The molecule has 1 aromatic rings. The van der Waals surface area contributed by atoms with E-state index in [9.17, 15) is 4.39 Å².